The molecule has 0 bridgehead atoms. The Hall–Kier alpha value is -2.15. The average Bonchev–Trinajstić information content (AvgIpc) is 3.18. The fraction of sp³-hybridized carbons (Fsp3) is 0.462. The number of carbonyl (C=O) groups is 1. The first-order valence-corrected chi connectivity index (χ1v) is 12.9. The van der Waals surface area contributed by atoms with E-state index < -0.39 is 0 Å². The first-order valence-electron chi connectivity index (χ1n) is 11.7. The van der Waals surface area contributed by atoms with Crippen molar-refractivity contribution < 1.29 is 9.53 Å². The normalized spacial score (nSPS) is 15.2. The molecule has 2 heterocycles. The van der Waals surface area contributed by atoms with Crippen molar-refractivity contribution in [2.75, 3.05) is 25.0 Å². The minimum absolute atomic E-state index is 0.0382. The van der Waals surface area contributed by atoms with E-state index >= 15 is 0 Å². The Labute approximate surface area is 205 Å². The zero-order chi connectivity index (χ0) is 23.4. The van der Waals surface area contributed by atoms with Crippen LogP contribution in [0.5, 0.6) is 5.75 Å². The van der Waals surface area contributed by atoms with Gasteiger partial charge < -0.3 is 10.1 Å². The Morgan fingerprint density at radius 2 is 1.94 bits per heavy atom. The fourth-order valence-corrected chi connectivity index (χ4v) is 5.25. The van der Waals surface area contributed by atoms with Crippen LogP contribution < -0.4 is 10.1 Å². The highest BCUT2D eigenvalue weighted by Gasteiger charge is 2.16. The molecule has 0 aliphatic carbocycles. The number of nitrogens with zero attached hydrogens (tertiary/aromatic N) is 2. The van der Waals surface area contributed by atoms with Crippen molar-refractivity contribution in [1.82, 2.24) is 9.88 Å². The van der Waals surface area contributed by atoms with E-state index in [1.807, 2.05) is 26.0 Å². The highest BCUT2D eigenvalue weighted by molar-refractivity contribution is 7.22. The third kappa shape index (κ3) is 6.46. The summed E-state index contributed by atoms with van der Waals surface area (Å²) in [6.07, 6.45) is 3.59. The number of piperidine rings is 1. The highest BCUT2D eigenvalue weighted by Crippen LogP contribution is 2.28. The van der Waals surface area contributed by atoms with Crippen LogP contribution in [-0.4, -0.2) is 35.5 Å². The smallest absolute Gasteiger partial charge is 0.226 e. The third-order valence-electron chi connectivity index (χ3n) is 6.21. The summed E-state index contributed by atoms with van der Waals surface area (Å²) >= 11 is 7.74. The maximum Gasteiger partial charge on any atom is 0.226 e. The minimum atomic E-state index is -0.0382. The van der Waals surface area contributed by atoms with Crippen molar-refractivity contribution in [2.24, 2.45) is 5.92 Å². The number of likely N-dealkylation sites (tertiary alicyclic amines) is 1. The number of amides is 1. The van der Waals surface area contributed by atoms with Crippen molar-refractivity contribution in [3.63, 3.8) is 0 Å². The number of ether oxygens (including phenoxy) is 1. The standard InChI is InChI=1S/C26H32ClN3O2S/c1-17-8-10-30(11-9-17)16-20-6-7-22-23(15-20)33-26(28-22)29-24(31)5-4-12-32-21-13-18(2)25(27)19(3)14-21/h6-7,13-15,17H,4-5,8-12,16H2,1-3H3,(H,28,29,31). The third-order valence-corrected chi connectivity index (χ3v) is 7.74. The number of aromatic nitrogens is 1. The summed E-state index contributed by atoms with van der Waals surface area (Å²) < 4.78 is 6.91. The van der Waals surface area contributed by atoms with Crippen LogP contribution in [0.3, 0.4) is 0 Å². The molecule has 7 heteroatoms. The van der Waals surface area contributed by atoms with Crippen LogP contribution in [0.25, 0.3) is 10.2 Å². The van der Waals surface area contributed by atoms with Gasteiger partial charge in [0.25, 0.3) is 0 Å². The van der Waals surface area contributed by atoms with Gasteiger partial charge in [0.15, 0.2) is 5.13 Å². The van der Waals surface area contributed by atoms with E-state index in [1.54, 1.807) is 0 Å². The summed E-state index contributed by atoms with van der Waals surface area (Å²) in [7, 11) is 0. The zero-order valence-corrected chi connectivity index (χ0v) is 21.2. The molecule has 1 fully saturated rings. The Morgan fingerprint density at radius 3 is 2.67 bits per heavy atom. The molecule has 0 saturated carbocycles. The molecule has 0 unspecified atom stereocenters. The molecule has 2 aromatic carbocycles. The molecule has 176 valence electrons. The van der Waals surface area contributed by atoms with Crippen molar-refractivity contribution in [3.05, 3.63) is 52.0 Å². The molecule has 1 aliphatic rings. The maximum atomic E-state index is 12.4. The number of hydrogen-bond donors (Lipinski definition) is 1. The second kappa shape index (κ2) is 10.9. The lowest BCUT2D eigenvalue weighted by atomic mass is 9.99. The van der Waals surface area contributed by atoms with Crippen LogP contribution in [0.4, 0.5) is 5.13 Å². The summed E-state index contributed by atoms with van der Waals surface area (Å²) in [5, 5.41) is 4.37. The molecule has 0 spiro atoms. The number of nitrogens with one attached hydrogen (secondary N) is 1. The minimum Gasteiger partial charge on any atom is -0.494 e. The van der Waals surface area contributed by atoms with Gasteiger partial charge in [0.05, 0.1) is 16.8 Å². The second-order valence-electron chi connectivity index (χ2n) is 9.15. The van der Waals surface area contributed by atoms with Crippen LogP contribution >= 0.6 is 22.9 Å². The molecular formula is C26H32ClN3O2S. The Bertz CT molecular complexity index is 1100. The zero-order valence-electron chi connectivity index (χ0n) is 19.6. The van der Waals surface area contributed by atoms with Crippen molar-refractivity contribution in [3.8, 4) is 5.75 Å². The molecule has 5 nitrogen and oxygen atoms in total. The quantitative estimate of drug-likeness (QED) is 0.365. The van der Waals surface area contributed by atoms with Crippen LogP contribution in [0, 0.1) is 19.8 Å². The van der Waals surface area contributed by atoms with E-state index in [0.717, 1.165) is 44.6 Å². The Kier molecular flexibility index (Phi) is 7.89. The van der Waals surface area contributed by atoms with Gasteiger partial charge in [0.1, 0.15) is 5.75 Å². The SMILES string of the molecule is Cc1cc(OCCCC(=O)Nc2nc3ccc(CN4CCC(C)CC4)cc3s2)cc(C)c1Cl. The van der Waals surface area contributed by atoms with Crippen molar-refractivity contribution >= 4 is 44.2 Å². The van der Waals surface area contributed by atoms with Gasteiger partial charge in [-0.15, -0.1) is 0 Å². The van der Waals surface area contributed by atoms with Crippen LogP contribution in [0.15, 0.2) is 30.3 Å². The van der Waals surface area contributed by atoms with Crippen LogP contribution in [-0.2, 0) is 11.3 Å². The van der Waals surface area contributed by atoms with Gasteiger partial charge in [-0.05, 0) is 93.1 Å². The van der Waals surface area contributed by atoms with Crippen molar-refractivity contribution in [2.45, 2.75) is 53.0 Å². The van der Waals surface area contributed by atoms with Gasteiger partial charge in [-0.3, -0.25) is 9.69 Å². The summed E-state index contributed by atoms with van der Waals surface area (Å²) in [4.78, 5) is 19.5. The molecule has 1 amide bonds. The Morgan fingerprint density at radius 1 is 1.21 bits per heavy atom. The fourth-order valence-electron chi connectivity index (χ4n) is 4.19. The molecular weight excluding hydrogens is 454 g/mol. The number of anilines is 1. The number of fused-ring (bicyclic) bond motifs is 1. The van der Waals surface area contributed by atoms with Crippen molar-refractivity contribution in [1.29, 1.82) is 0 Å². The second-order valence-corrected chi connectivity index (χ2v) is 10.6. The van der Waals surface area contributed by atoms with Gasteiger partial charge >= 0.3 is 0 Å². The lowest BCUT2D eigenvalue weighted by Gasteiger charge is -2.30. The summed E-state index contributed by atoms with van der Waals surface area (Å²) in [5.41, 5.74) is 4.23. The number of carbonyl (C=O) groups excluding carboxylic acids is 1. The van der Waals surface area contributed by atoms with E-state index in [0.29, 0.717) is 24.6 Å². The van der Waals surface area contributed by atoms with Gasteiger partial charge in [-0.2, -0.15) is 0 Å². The number of thiazole rings is 1. The first kappa shape index (κ1) is 24.0. The van der Waals surface area contributed by atoms with Crippen LogP contribution in [0.2, 0.25) is 5.02 Å². The van der Waals surface area contributed by atoms with Crippen LogP contribution in [0.1, 0.15) is 49.3 Å². The number of rotatable bonds is 8. The first-order chi connectivity index (χ1) is 15.9. The molecule has 0 atom stereocenters. The summed E-state index contributed by atoms with van der Waals surface area (Å²) in [6, 6.07) is 10.3. The molecule has 4 rings (SSSR count). The van der Waals surface area contributed by atoms with Gasteiger partial charge in [0, 0.05) is 18.0 Å². The van der Waals surface area contributed by atoms with E-state index in [4.69, 9.17) is 16.3 Å². The molecule has 33 heavy (non-hydrogen) atoms. The number of benzene rings is 2. The number of aryl methyl sites for hydroxylation is 2. The van der Waals surface area contributed by atoms with E-state index in [-0.39, 0.29) is 5.91 Å². The lowest BCUT2D eigenvalue weighted by Crippen LogP contribution is -2.32. The highest BCUT2D eigenvalue weighted by atomic mass is 35.5. The predicted molar refractivity (Wildman–Crippen MR) is 138 cm³/mol. The number of hydrogen-bond acceptors (Lipinski definition) is 5. The molecule has 0 radical (unpaired) electrons. The number of halogens is 1. The Balaban J connectivity index is 1.25. The van der Waals surface area contributed by atoms with Gasteiger partial charge in [-0.1, -0.05) is 35.9 Å². The van der Waals surface area contributed by atoms with Gasteiger partial charge in [0.2, 0.25) is 5.91 Å². The molecule has 1 N–H and O–H groups in total. The largest absolute Gasteiger partial charge is 0.494 e. The lowest BCUT2D eigenvalue weighted by molar-refractivity contribution is -0.116. The van der Waals surface area contributed by atoms with Gasteiger partial charge in [-0.25, -0.2) is 4.98 Å². The molecule has 3 aromatic rings. The monoisotopic (exact) mass is 485 g/mol. The predicted octanol–water partition coefficient (Wildman–Crippen LogP) is 6.60. The summed E-state index contributed by atoms with van der Waals surface area (Å²) in [5.74, 6) is 1.59. The average molecular weight is 486 g/mol. The summed E-state index contributed by atoms with van der Waals surface area (Å²) in [6.45, 7) is 10.1. The molecule has 1 aliphatic heterocycles. The topological polar surface area (TPSA) is 54.5 Å². The van der Waals surface area contributed by atoms with E-state index in [9.17, 15) is 4.79 Å². The van der Waals surface area contributed by atoms with E-state index in [2.05, 4.69) is 40.3 Å². The molecule has 1 saturated heterocycles. The maximum absolute atomic E-state index is 12.4. The molecule has 1 aromatic heterocycles. The van der Waals surface area contributed by atoms with E-state index in [1.165, 1.54) is 42.8 Å².